The number of aryl methyl sites for hydroxylation is 1. The number of nitrogens with two attached hydrogens (primary N) is 1. The molecule has 3 rings (SSSR count). The zero-order chi connectivity index (χ0) is 28.7. The van der Waals surface area contributed by atoms with Crippen molar-refractivity contribution in [1.29, 1.82) is 0 Å². The molecular weight excluding hydrogens is 487 g/mol. The molecule has 10 heteroatoms. The number of allylic oxidation sites excluding steroid dienone is 2. The third-order valence-corrected chi connectivity index (χ3v) is 5.55. The first kappa shape index (κ1) is 31.6. The maximum atomic E-state index is 13.2. The lowest BCUT2D eigenvalue weighted by Crippen LogP contribution is -2.33. The van der Waals surface area contributed by atoms with Crippen LogP contribution in [-0.2, 0) is 22.5 Å². The summed E-state index contributed by atoms with van der Waals surface area (Å²) in [4.78, 5) is 31.9. The van der Waals surface area contributed by atoms with Gasteiger partial charge in [-0.3, -0.25) is 4.79 Å². The van der Waals surface area contributed by atoms with E-state index in [1.807, 2.05) is 35.8 Å². The van der Waals surface area contributed by atoms with Crippen LogP contribution < -0.4 is 11.1 Å². The Morgan fingerprint density at radius 1 is 1.32 bits per heavy atom. The molecule has 38 heavy (non-hydrogen) atoms. The number of hydrogen-bond acceptors (Lipinski definition) is 5. The lowest BCUT2D eigenvalue weighted by molar-refractivity contribution is -0.119. The number of cyclic esters (lactones) is 1. The first-order chi connectivity index (χ1) is 18.2. The van der Waals surface area contributed by atoms with E-state index >= 15 is 0 Å². The average molecular weight is 525 g/mol. The molecule has 1 saturated heterocycles. The molecule has 0 spiro atoms. The molecular formula is C28H37FN6O3. The Morgan fingerprint density at radius 2 is 1.97 bits per heavy atom. The normalized spacial score (nSPS) is 15.0. The van der Waals surface area contributed by atoms with Gasteiger partial charge in [0.15, 0.2) is 5.82 Å². The topological polar surface area (TPSA) is 115 Å². The maximum Gasteiger partial charge on any atom is 0.410 e. The molecule has 3 N–H and O–H groups in total. The summed E-state index contributed by atoms with van der Waals surface area (Å²) in [5.41, 5.74) is 8.99. The first-order valence-corrected chi connectivity index (χ1v) is 12.0. The van der Waals surface area contributed by atoms with Crippen LogP contribution in [-0.4, -0.2) is 58.5 Å². The van der Waals surface area contributed by atoms with Crippen LogP contribution in [0.1, 0.15) is 44.5 Å². The number of ether oxygens (including phenoxy) is 1. The number of carbonyl (C=O) groups excluding carboxylic acids is 2. The summed E-state index contributed by atoms with van der Waals surface area (Å²) in [5, 5.41) is 2.60. The van der Waals surface area contributed by atoms with Crippen molar-refractivity contribution >= 4 is 29.7 Å². The molecule has 0 saturated carbocycles. The van der Waals surface area contributed by atoms with Crippen LogP contribution in [0.4, 0.5) is 15.0 Å². The van der Waals surface area contributed by atoms with Crippen molar-refractivity contribution in [2.24, 2.45) is 10.7 Å². The molecule has 1 fully saturated rings. The SMILES string of the molecule is C#C.C=CCN1CC(CNC(C)=O)OC1=O.CCc1ncn(Cc2ccc(/C(C)=C(/C)F)cc2)c1/N=C\N. The van der Waals surface area contributed by atoms with Crippen LogP contribution in [0.2, 0.25) is 0 Å². The second-order valence-corrected chi connectivity index (χ2v) is 8.27. The maximum absolute atomic E-state index is 13.2. The standard InChI is InChI=1S/C17H21FN4.C9H14N2O3.C2H2/c1-4-16-17(20-10-19)22(11-21-16)9-14-5-7-15(8-6-14)12(2)13(3)18;1-3-4-11-6-8(14-9(11)13)5-10-7(2)12;1-2/h5-8,10-11H,4,9H2,1-3H3,(H2,19,20);3,8H,1,4-6H2,2H3,(H,10,12);1-2H/b13-12-;;. The Bertz CT molecular complexity index is 1150. The fourth-order valence-electron chi connectivity index (χ4n) is 3.50. The number of hydrogen-bond donors (Lipinski definition) is 2. The summed E-state index contributed by atoms with van der Waals surface area (Å²) >= 11 is 0. The molecule has 1 aromatic carbocycles. The lowest BCUT2D eigenvalue weighted by Gasteiger charge is -2.09. The van der Waals surface area contributed by atoms with Crippen LogP contribution in [0.15, 0.2) is 54.1 Å². The van der Waals surface area contributed by atoms with Gasteiger partial charge in [0.25, 0.3) is 0 Å². The fourth-order valence-corrected chi connectivity index (χ4v) is 3.50. The second kappa shape index (κ2) is 16.4. The minimum Gasteiger partial charge on any atom is -0.442 e. The zero-order valence-corrected chi connectivity index (χ0v) is 22.5. The van der Waals surface area contributed by atoms with Crippen LogP contribution in [0.5, 0.6) is 0 Å². The predicted molar refractivity (Wildman–Crippen MR) is 149 cm³/mol. The van der Waals surface area contributed by atoms with Crippen LogP contribution in [0.3, 0.4) is 0 Å². The van der Waals surface area contributed by atoms with Crippen molar-refractivity contribution in [3.8, 4) is 12.8 Å². The van der Waals surface area contributed by atoms with Crippen LogP contribution in [0.25, 0.3) is 5.57 Å². The summed E-state index contributed by atoms with van der Waals surface area (Å²) in [5.74, 6) is 0.502. The Labute approximate surface area is 224 Å². The Kier molecular flexibility index (Phi) is 13.6. The molecule has 2 heterocycles. The van der Waals surface area contributed by atoms with Gasteiger partial charge in [-0.2, -0.15) is 0 Å². The minimum atomic E-state index is -0.347. The third kappa shape index (κ3) is 9.58. The predicted octanol–water partition coefficient (Wildman–Crippen LogP) is 4.21. The molecule has 204 valence electrons. The highest BCUT2D eigenvalue weighted by molar-refractivity contribution is 5.73. The van der Waals surface area contributed by atoms with E-state index in [4.69, 9.17) is 10.5 Å². The number of aromatic nitrogens is 2. The molecule has 0 bridgehead atoms. The summed E-state index contributed by atoms with van der Waals surface area (Å²) in [6.45, 7) is 12.3. The van der Waals surface area contributed by atoms with E-state index in [0.717, 1.165) is 29.1 Å². The van der Waals surface area contributed by atoms with E-state index in [2.05, 4.69) is 34.7 Å². The number of nitrogens with zero attached hydrogens (tertiary/aromatic N) is 4. The summed E-state index contributed by atoms with van der Waals surface area (Å²) in [6, 6.07) is 7.83. The number of benzene rings is 1. The minimum absolute atomic E-state index is 0.122. The first-order valence-electron chi connectivity index (χ1n) is 12.0. The van der Waals surface area contributed by atoms with Gasteiger partial charge in [-0.05, 0) is 37.0 Å². The number of imidazole rings is 1. The van der Waals surface area contributed by atoms with Gasteiger partial charge < -0.3 is 25.3 Å². The third-order valence-electron chi connectivity index (χ3n) is 5.55. The molecule has 1 atom stereocenters. The van der Waals surface area contributed by atoms with Gasteiger partial charge in [0.1, 0.15) is 11.9 Å². The van der Waals surface area contributed by atoms with Crippen molar-refractivity contribution in [2.45, 2.75) is 46.8 Å². The molecule has 0 radical (unpaired) electrons. The quantitative estimate of drug-likeness (QED) is 0.221. The molecule has 0 aliphatic carbocycles. The van der Waals surface area contributed by atoms with Gasteiger partial charge in [-0.1, -0.05) is 37.3 Å². The molecule has 1 aliphatic rings. The van der Waals surface area contributed by atoms with Gasteiger partial charge in [-0.15, -0.1) is 19.4 Å². The highest BCUT2D eigenvalue weighted by Crippen LogP contribution is 2.22. The van der Waals surface area contributed by atoms with E-state index in [9.17, 15) is 14.0 Å². The largest absolute Gasteiger partial charge is 0.442 e. The van der Waals surface area contributed by atoms with E-state index < -0.39 is 0 Å². The summed E-state index contributed by atoms with van der Waals surface area (Å²) < 4.78 is 20.2. The molecule has 1 aliphatic heterocycles. The summed E-state index contributed by atoms with van der Waals surface area (Å²) in [7, 11) is 0. The summed E-state index contributed by atoms with van der Waals surface area (Å²) in [6.07, 6.45) is 12.9. The zero-order valence-electron chi connectivity index (χ0n) is 22.5. The smallest absolute Gasteiger partial charge is 0.410 e. The van der Waals surface area contributed by atoms with Crippen molar-refractivity contribution in [1.82, 2.24) is 19.8 Å². The van der Waals surface area contributed by atoms with Crippen molar-refractivity contribution in [3.63, 3.8) is 0 Å². The van der Waals surface area contributed by atoms with Gasteiger partial charge >= 0.3 is 6.09 Å². The lowest BCUT2D eigenvalue weighted by atomic mass is 10.0. The highest BCUT2D eigenvalue weighted by Gasteiger charge is 2.30. The monoisotopic (exact) mass is 524 g/mol. The molecule has 9 nitrogen and oxygen atoms in total. The van der Waals surface area contributed by atoms with Crippen molar-refractivity contribution in [3.05, 3.63) is 65.9 Å². The number of terminal acetylenes is 1. The van der Waals surface area contributed by atoms with E-state index in [1.165, 1.54) is 20.2 Å². The van der Waals surface area contributed by atoms with Gasteiger partial charge in [-0.25, -0.2) is 19.2 Å². The number of halogens is 1. The van der Waals surface area contributed by atoms with Gasteiger partial charge in [0, 0.05) is 13.5 Å². The number of amides is 2. The number of carbonyl (C=O) groups is 2. The molecule has 1 aromatic heterocycles. The van der Waals surface area contributed by atoms with Gasteiger partial charge in [0.05, 0.1) is 38.0 Å². The highest BCUT2D eigenvalue weighted by atomic mass is 19.1. The van der Waals surface area contributed by atoms with E-state index in [1.54, 1.807) is 24.2 Å². The average Bonchev–Trinajstić information content (AvgIpc) is 3.46. The van der Waals surface area contributed by atoms with E-state index in [-0.39, 0.29) is 23.9 Å². The fraction of sp³-hybridized carbons (Fsp3) is 0.357. The second-order valence-electron chi connectivity index (χ2n) is 8.27. The Hall–Kier alpha value is -4.39. The molecule has 2 aromatic rings. The van der Waals surface area contributed by atoms with Crippen molar-refractivity contribution < 1.29 is 18.7 Å². The number of rotatable bonds is 9. The van der Waals surface area contributed by atoms with Gasteiger partial charge in [0.2, 0.25) is 5.91 Å². The van der Waals surface area contributed by atoms with Crippen molar-refractivity contribution in [2.75, 3.05) is 19.6 Å². The Morgan fingerprint density at radius 3 is 2.50 bits per heavy atom. The number of aliphatic imine (C=N–C) groups is 1. The van der Waals surface area contributed by atoms with E-state index in [0.29, 0.717) is 31.8 Å². The molecule has 1 unspecified atom stereocenters. The number of nitrogens with one attached hydrogen (secondary N) is 1. The molecule has 2 amide bonds. The Balaban J connectivity index is 0.000000389. The van der Waals surface area contributed by atoms with Crippen LogP contribution >= 0.6 is 0 Å². The van der Waals surface area contributed by atoms with Crippen LogP contribution in [0, 0.1) is 12.8 Å².